The van der Waals surface area contributed by atoms with E-state index in [0.717, 1.165) is 23.2 Å². The molecular weight excluding hydrogens is 262 g/mol. The quantitative estimate of drug-likeness (QED) is 0.622. The van der Waals surface area contributed by atoms with E-state index in [1.54, 1.807) is 18.5 Å². The van der Waals surface area contributed by atoms with Gasteiger partial charge in [0.2, 0.25) is 0 Å². The lowest BCUT2D eigenvalue weighted by Crippen LogP contribution is -2.26. The van der Waals surface area contributed by atoms with Crippen LogP contribution in [0.1, 0.15) is 11.1 Å². The predicted octanol–water partition coefficient (Wildman–Crippen LogP) is 2.64. The van der Waals surface area contributed by atoms with Crippen molar-refractivity contribution in [1.29, 1.82) is 0 Å². The molecule has 19 heavy (non-hydrogen) atoms. The number of hydrogen-bond donors (Lipinski definition) is 0. The normalized spacial score (nSPS) is 10.2. The van der Waals surface area contributed by atoms with E-state index in [9.17, 15) is 4.79 Å². The molecule has 0 fully saturated rings. The Kier molecular flexibility index (Phi) is 4.47. The minimum Gasteiger partial charge on any atom is -0.345 e. The topological polar surface area (TPSA) is 46.1 Å². The molecule has 5 heteroatoms. The summed E-state index contributed by atoms with van der Waals surface area (Å²) in [4.78, 5) is 21.1. The van der Waals surface area contributed by atoms with Crippen LogP contribution >= 0.6 is 11.6 Å². The Labute approximate surface area is 117 Å². The maximum absolute atomic E-state index is 10.8. The molecule has 0 radical (unpaired) electrons. The molecule has 0 bridgehead atoms. The number of aryl methyl sites for hydroxylation is 1. The zero-order valence-corrected chi connectivity index (χ0v) is 11.3. The van der Waals surface area contributed by atoms with Gasteiger partial charge in [0, 0.05) is 18.9 Å². The molecule has 0 aliphatic rings. The molecule has 0 saturated heterocycles. The average molecular weight is 276 g/mol. The first kappa shape index (κ1) is 13.5. The van der Waals surface area contributed by atoms with E-state index >= 15 is 0 Å². The summed E-state index contributed by atoms with van der Waals surface area (Å²) in [6, 6.07) is 7.48. The maximum atomic E-state index is 10.8. The number of hydrogen-bond acceptors (Lipinski definition) is 4. The van der Waals surface area contributed by atoms with Crippen molar-refractivity contribution in [2.24, 2.45) is 0 Å². The second-order valence-electron chi connectivity index (χ2n) is 4.18. The minimum absolute atomic E-state index is 0.292. The number of aromatic nitrogens is 2. The van der Waals surface area contributed by atoms with E-state index in [1.165, 1.54) is 0 Å². The second-order valence-corrected chi connectivity index (χ2v) is 4.57. The Hall–Kier alpha value is -1.94. The van der Waals surface area contributed by atoms with Gasteiger partial charge in [-0.2, -0.15) is 0 Å². The summed E-state index contributed by atoms with van der Waals surface area (Å²) in [5.41, 5.74) is 2.02. The van der Waals surface area contributed by atoms with Crippen molar-refractivity contribution in [1.82, 2.24) is 9.97 Å². The van der Waals surface area contributed by atoms with Crippen LogP contribution in [0.15, 0.2) is 36.7 Å². The molecule has 0 saturated carbocycles. The zero-order valence-electron chi connectivity index (χ0n) is 10.6. The molecule has 0 aromatic carbocycles. The van der Waals surface area contributed by atoms with E-state index in [1.807, 2.05) is 30.0 Å². The monoisotopic (exact) mass is 275 g/mol. The Morgan fingerprint density at radius 2 is 2.16 bits per heavy atom. The largest absolute Gasteiger partial charge is 0.345 e. The van der Waals surface area contributed by atoms with Crippen LogP contribution in [0.2, 0.25) is 5.15 Å². The van der Waals surface area contributed by atoms with Crippen molar-refractivity contribution in [3.05, 3.63) is 52.9 Å². The van der Waals surface area contributed by atoms with Crippen LogP contribution in [-0.2, 0) is 11.3 Å². The Bertz CT molecular complexity index is 557. The lowest BCUT2D eigenvalue weighted by Gasteiger charge is -2.22. The van der Waals surface area contributed by atoms with Crippen molar-refractivity contribution in [3.8, 4) is 0 Å². The molecule has 2 aromatic heterocycles. The highest BCUT2D eigenvalue weighted by Gasteiger charge is 2.10. The van der Waals surface area contributed by atoms with Gasteiger partial charge >= 0.3 is 0 Å². The lowest BCUT2D eigenvalue weighted by molar-refractivity contribution is -0.106. The van der Waals surface area contributed by atoms with Crippen LogP contribution < -0.4 is 4.90 Å². The van der Waals surface area contributed by atoms with E-state index in [2.05, 4.69) is 9.97 Å². The molecule has 2 rings (SSSR count). The average Bonchev–Trinajstić information content (AvgIpc) is 2.41. The number of rotatable bonds is 5. The molecule has 0 spiro atoms. The van der Waals surface area contributed by atoms with Gasteiger partial charge in [0.1, 0.15) is 17.3 Å². The number of anilines is 1. The number of nitrogens with zero attached hydrogens (tertiary/aromatic N) is 3. The van der Waals surface area contributed by atoms with Crippen LogP contribution in [0.3, 0.4) is 0 Å². The van der Waals surface area contributed by atoms with Crippen molar-refractivity contribution in [2.45, 2.75) is 13.5 Å². The Balaban J connectivity index is 2.23. The van der Waals surface area contributed by atoms with Gasteiger partial charge < -0.3 is 9.69 Å². The number of carbonyl (C=O) groups is 1. The highest BCUT2D eigenvalue weighted by Crippen LogP contribution is 2.18. The fourth-order valence-corrected chi connectivity index (χ4v) is 1.96. The van der Waals surface area contributed by atoms with Crippen LogP contribution in [0, 0.1) is 6.92 Å². The van der Waals surface area contributed by atoms with Crippen molar-refractivity contribution in [3.63, 3.8) is 0 Å². The first-order chi connectivity index (χ1) is 9.20. The van der Waals surface area contributed by atoms with Gasteiger partial charge in [0.15, 0.2) is 0 Å². The smallest absolute Gasteiger partial charge is 0.139 e. The fourth-order valence-electron chi connectivity index (χ4n) is 1.84. The van der Waals surface area contributed by atoms with Crippen molar-refractivity contribution in [2.75, 3.05) is 11.4 Å². The summed E-state index contributed by atoms with van der Waals surface area (Å²) < 4.78 is 0. The van der Waals surface area contributed by atoms with Gasteiger partial charge in [-0.3, -0.25) is 0 Å². The summed E-state index contributed by atoms with van der Waals surface area (Å²) in [5, 5.41) is 0.458. The van der Waals surface area contributed by atoms with Crippen molar-refractivity contribution < 1.29 is 4.79 Å². The molecule has 4 nitrogen and oxygen atoms in total. The SMILES string of the molecule is Cc1cccnc1N(CC=O)Cc1ccc(Cl)nc1. The summed E-state index contributed by atoms with van der Waals surface area (Å²) in [6.45, 7) is 2.83. The zero-order chi connectivity index (χ0) is 13.7. The van der Waals surface area contributed by atoms with Crippen LogP contribution in [0.5, 0.6) is 0 Å². The van der Waals surface area contributed by atoms with E-state index < -0.39 is 0 Å². The number of aldehydes is 1. The summed E-state index contributed by atoms with van der Waals surface area (Å²) in [6.07, 6.45) is 4.30. The molecule has 0 aliphatic heterocycles. The second kappa shape index (κ2) is 6.29. The third kappa shape index (κ3) is 3.51. The Morgan fingerprint density at radius 3 is 2.79 bits per heavy atom. The number of carbonyl (C=O) groups excluding carboxylic acids is 1. The molecular formula is C14H14ClN3O. The van der Waals surface area contributed by atoms with E-state index in [-0.39, 0.29) is 0 Å². The summed E-state index contributed by atoms with van der Waals surface area (Å²) in [7, 11) is 0. The van der Waals surface area contributed by atoms with Gasteiger partial charge in [-0.05, 0) is 30.2 Å². The Morgan fingerprint density at radius 1 is 1.32 bits per heavy atom. The van der Waals surface area contributed by atoms with Crippen LogP contribution in [-0.4, -0.2) is 22.8 Å². The molecule has 0 atom stereocenters. The standard InChI is InChI=1S/C14H14ClN3O/c1-11-3-2-6-16-14(11)18(7-8-19)10-12-4-5-13(15)17-9-12/h2-6,8-9H,7,10H2,1H3. The summed E-state index contributed by atoms with van der Waals surface area (Å²) in [5.74, 6) is 0.810. The predicted molar refractivity (Wildman–Crippen MR) is 75.3 cm³/mol. The van der Waals surface area contributed by atoms with Gasteiger partial charge in [-0.1, -0.05) is 23.7 Å². The first-order valence-electron chi connectivity index (χ1n) is 5.91. The minimum atomic E-state index is 0.292. The third-order valence-electron chi connectivity index (χ3n) is 2.74. The van der Waals surface area contributed by atoms with E-state index in [4.69, 9.17) is 11.6 Å². The van der Waals surface area contributed by atoms with E-state index in [0.29, 0.717) is 18.2 Å². The highest BCUT2D eigenvalue weighted by molar-refractivity contribution is 6.29. The van der Waals surface area contributed by atoms with Crippen LogP contribution in [0.4, 0.5) is 5.82 Å². The first-order valence-corrected chi connectivity index (χ1v) is 6.29. The maximum Gasteiger partial charge on any atom is 0.139 e. The molecule has 0 N–H and O–H groups in total. The molecule has 98 valence electrons. The lowest BCUT2D eigenvalue weighted by atomic mass is 10.2. The molecule has 0 unspecified atom stereocenters. The van der Waals surface area contributed by atoms with Gasteiger partial charge in [-0.25, -0.2) is 9.97 Å². The fraction of sp³-hybridized carbons (Fsp3) is 0.214. The van der Waals surface area contributed by atoms with Gasteiger partial charge in [0.05, 0.1) is 6.54 Å². The van der Waals surface area contributed by atoms with Gasteiger partial charge in [-0.15, -0.1) is 0 Å². The third-order valence-corrected chi connectivity index (χ3v) is 2.96. The highest BCUT2D eigenvalue weighted by atomic mass is 35.5. The molecule has 2 heterocycles. The summed E-state index contributed by atoms with van der Waals surface area (Å²) >= 11 is 5.76. The van der Waals surface area contributed by atoms with Gasteiger partial charge in [0.25, 0.3) is 0 Å². The van der Waals surface area contributed by atoms with Crippen LogP contribution in [0.25, 0.3) is 0 Å². The number of halogens is 1. The number of pyridine rings is 2. The molecule has 0 aliphatic carbocycles. The molecule has 2 aromatic rings. The van der Waals surface area contributed by atoms with Crippen molar-refractivity contribution >= 4 is 23.7 Å². The molecule has 0 amide bonds.